The second kappa shape index (κ2) is 11.4. The molecule has 4 rings (SSSR count). The van der Waals surface area contributed by atoms with E-state index < -0.39 is 0 Å². The van der Waals surface area contributed by atoms with Crippen LogP contribution in [-0.2, 0) is 17.8 Å². The van der Waals surface area contributed by atoms with E-state index in [-0.39, 0.29) is 5.41 Å². The quantitative estimate of drug-likeness (QED) is 0.530. The fourth-order valence-corrected chi connectivity index (χ4v) is 6.00. The number of aromatic nitrogens is 1. The zero-order valence-electron chi connectivity index (χ0n) is 21.2. The minimum Gasteiger partial charge on any atom is -0.497 e. The highest BCUT2D eigenvalue weighted by atomic mass is 16.5. The minimum atomic E-state index is -0.138. The summed E-state index contributed by atoms with van der Waals surface area (Å²) in [6, 6.07) is 15.0. The molecule has 2 fully saturated rings. The number of piperidine rings is 1. The van der Waals surface area contributed by atoms with Gasteiger partial charge in [0.2, 0.25) is 5.91 Å². The Kier molecular flexibility index (Phi) is 8.25. The first-order valence-corrected chi connectivity index (χ1v) is 13.0. The molecule has 2 heterocycles. The Bertz CT molecular complexity index is 918. The highest BCUT2D eigenvalue weighted by Gasteiger charge is 2.39. The van der Waals surface area contributed by atoms with Crippen LogP contribution in [0.4, 0.5) is 0 Å². The molecule has 1 saturated carbocycles. The van der Waals surface area contributed by atoms with E-state index in [9.17, 15) is 4.79 Å². The Balaban J connectivity index is 1.45. The lowest BCUT2D eigenvalue weighted by Crippen LogP contribution is -2.50. The summed E-state index contributed by atoms with van der Waals surface area (Å²) in [4.78, 5) is 22.6. The summed E-state index contributed by atoms with van der Waals surface area (Å²) in [5.74, 6) is 1.85. The van der Waals surface area contributed by atoms with Gasteiger partial charge in [-0.2, -0.15) is 0 Å². The van der Waals surface area contributed by atoms with Crippen molar-refractivity contribution in [3.05, 3.63) is 59.9 Å². The molecule has 0 N–H and O–H groups in total. The van der Waals surface area contributed by atoms with Gasteiger partial charge >= 0.3 is 0 Å². The van der Waals surface area contributed by atoms with E-state index in [1.165, 1.54) is 24.8 Å². The molecule has 0 spiro atoms. The molecule has 0 radical (unpaired) electrons. The van der Waals surface area contributed by atoms with Crippen LogP contribution in [0, 0.1) is 11.3 Å². The first kappa shape index (κ1) is 24.7. The van der Waals surface area contributed by atoms with Crippen molar-refractivity contribution in [1.82, 2.24) is 14.8 Å². The average molecular weight is 464 g/mol. The van der Waals surface area contributed by atoms with Crippen molar-refractivity contribution in [2.24, 2.45) is 11.3 Å². The summed E-state index contributed by atoms with van der Waals surface area (Å²) >= 11 is 0. The van der Waals surface area contributed by atoms with Crippen LogP contribution >= 0.6 is 0 Å². The predicted molar refractivity (Wildman–Crippen MR) is 137 cm³/mol. The maximum absolute atomic E-state index is 13.4. The molecular formula is C29H41N3O2. The van der Waals surface area contributed by atoms with E-state index in [1.54, 1.807) is 7.11 Å². The lowest BCUT2D eigenvalue weighted by molar-refractivity contribution is -0.144. The molecule has 2 aromatic rings. The largest absolute Gasteiger partial charge is 0.497 e. The number of rotatable bonds is 8. The van der Waals surface area contributed by atoms with Crippen molar-refractivity contribution in [3.63, 3.8) is 0 Å². The number of ether oxygens (including phenoxy) is 1. The Labute approximate surface area is 205 Å². The third-order valence-corrected chi connectivity index (χ3v) is 8.13. The van der Waals surface area contributed by atoms with Crippen molar-refractivity contribution in [1.29, 1.82) is 0 Å². The van der Waals surface area contributed by atoms with Crippen LogP contribution in [-0.4, -0.2) is 54.0 Å². The van der Waals surface area contributed by atoms with Gasteiger partial charge in [-0.25, -0.2) is 0 Å². The highest BCUT2D eigenvalue weighted by molar-refractivity contribution is 5.82. The molecule has 1 aromatic heterocycles. The number of hydrogen-bond acceptors (Lipinski definition) is 4. The fraction of sp³-hybridized carbons (Fsp3) is 0.586. The Hall–Kier alpha value is -2.40. The van der Waals surface area contributed by atoms with Gasteiger partial charge in [0, 0.05) is 37.3 Å². The van der Waals surface area contributed by atoms with Crippen molar-refractivity contribution in [2.45, 2.75) is 70.9 Å². The van der Waals surface area contributed by atoms with Gasteiger partial charge < -0.3 is 9.64 Å². The molecule has 1 aliphatic heterocycles. The second-order valence-corrected chi connectivity index (χ2v) is 10.6. The summed E-state index contributed by atoms with van der Waals surface area (Å²) in [5, 5.41) is 0. The fourth-order valence-electron chi connectivity index (χ4n) is 6.00. The molecular weight excluding hydrogens is 422 g/mol. The van der Waals surface area contributed by atoms with E-state index >= 15 is 0 Å². The number of methoxy groups -OCH3 is 1. The van der Waals surface area contributed by atoms with Crippen molar-refractivity contribution in [3.8, 4) is 5.75 Å². The number of benzene rings is 1. The lowest BCUT2D eigenvalue weighted by Gasteiger charge is -2.43. The van der Waals surface area contributed by atoms with E-state index in [4.69, 9.17) is 4.74 Å². The van der Waals surface area contributed by atoms with Crippen molar-refractivity contribution < 1.29 is 9.53 Å². The van der Waals surface area contributed by atoms with Crippen molar-refractivity contribution >= 4 is 5.91 Å². The van der Waals surface area contributed by atoms with Gasteiger partial charge in [0.25, 0.3) is 0 Å². The minimum absolute atomic E-state index is 0.138. The van der Waals surface area contributed by atoms with Gasteiger partial charge in [-0.3, -0.25) is 14.7 Å². The summed E-state index contributed by atoms with van der Waals surface area (Å²) in [6.45, 7) is 4.79. The number of amides is 1. The van der Waals surface area contributed by atoms with Gasteiger partial charge in [-0.1, -0.05) is 44.4 Å². The van der Waals surface area contributed by atoms with Crippen LogP contribution in [0.3, 0.4) is 0 Å². The molecule has 184 valence electrons. The number of nitrogens with zero attached hydrogens (tertiary/aromatic N) is 3. The topological polar surface area (TPSA) is 45.7 Å². The number of carbonyl (C=O) groups is 1. The van der Waals surface area contributed by atoms with Crippen molar-refractivity contribution in [2.75, 3.05) is 27.2 Å². The number of likely N-dealkylation sites (tertiary alicyclic amines) is 1. The first-order valence-electron chi connectivity index (χ1n) is 13.0. The number of carbonyl (C=O) groups excluding carboxylic acids is 1. The number of hydrogen-bond donors (Lipinski definition) is 0. The molecule has 34 heavy (non-hydrogen) atoms. The number of likely N-dealkylation sites (N-methyl/N-ethyl adjacent to an activating group) is 1. The lowest BCUT2D eigenvalue weighted by atomic mass is 9.74. The zero-order valence-corrected chi connectivity index (χ0v) is 21.2. The van der Waals surface area contributed by atoms with E-state index in [0.717, 1.165) is 63.2 Å². The number of pyridine rings is 1. The monoisotopic (exact) mass is 463 g/mol. The van der Waals surface area contributed by atoms with Crippen LogP contribution < -0.4 is 4.74 Å². The Morgan fingerprint density at radius 2 is 1.91 bits per heavy atom. The molecule has 5 nitrogen and oxygen atoms in total. The van der Waals surface area contributed by atoms with Crippen LogP contribution in [0.15, 0.2) is 48.7 Å². The summed E-state index contributed by atoms with van der Waals surface area (Å²) in [6.07, 6.45) is 10.7. The molecule has 1 saturated heterocycles. The predicted octanol–water partition coefficient (Wildman–Crippen LogP) is 5.34. The van der Waals surface area contributed by atoms with Gasteiger partial charge in [-0.15, -0.1) is 0 Å². The third-order valence-electron chi connectivity index (χ3n) is 8.13. The maximum atomic E-state index is 13.4. The van der Waals surface area contributed by atoms with Crippen LogP contribution in [0.5, 0.6) is 5.75 Å². The highest BCUT2D eigenvalue weighted by Crippen LogP contribution is 2.39. The molecule has 1 aromatic carbocycles. The van der Waals surface area contributed by atoms with E-state index in [1.807, 2.05) is 18.3 Å². The van der Waals surface area contributed by atoms with Gasteiger partial charge in [0.15, 0.2) is 0 Å². The standard InChI is InChI=1S/C29H41N3O2/c1-29(15-6-4-7-16-29)28(33)32-18-13-24(14-19-32)27(21-23-10-9-12-26(20-23)34-3)31(2)22-25-11-5-8-17-30-25/h5,8-12,17,20,24,27H,4,6-7,13-16,18-19,21-22H2,1-3H3. The molecule has 1 aliphatic carbocycles. The maximum Gasteiger partial charge on any atom is 0.228 e. The second-order valence-electron chi connectivity index (χ2n) is 10.6. The normalized spacial score (nSPS) is 19.7. The van der Waals surface area contributed by atoms with E-state index in [2.05, 4.69) is 59.1 Å². The van der Waals surface area contributed by atoms with Gasteiger partial charge in [0.05, 0.1) is 12.8 Å². The molecule has 2 aliphatic rings. The molecule has 1 atom stereocenters. The SMILES string of the molecule is COc1cccc(CC(C2CCN(C(=O)C3(C)CCCCC3)CC2)N(C)Cc2ccccn2)c1. The van der Waals surface area contributed by atoms with E-state index in [0.29, 0.717) is 17.9 Å². The summed E-state index contributed by atoms with van der Waals surface area (Å²) in [7, 11) is 3.95. The molecule has 5 heteroatoms. The smallest absolute Gasteiger partial charge is 0.228 e. The average Bonchev–Trinajstić information content (AvgIpc) is 2.88. The third kappa shape index (κ3) is 5.99. The molecule has 0 bridgehead atoms. The van der Waals surface area contributed by atoms with Gasteiger partial charge in [0.1, 0.15) is 5.75 Å². The Morgan fingerprint density at radius 1 is 1.15 bits per heavy atom. The summed E-state index contributed by atoms with van der Waals surface area (Å²) < 4.78 is 5.48. The first-order chi connectivity index (χ1) is 16.5. The Morgan fingerprint density at radius 3 is 2.59 bits per heavy atom. The van der Waals surface area contributed by atoms with Crippen LogP contribution in [0.1, 0.15) is 63.1 Å². The van der Waals surface area contributed by atoms with Gasteiger partial charge in [-0.05, 0) is 74.9 Å². The van der Waals surface area contributed by atoms with Crippen LogP contribution in [0.2, 0.25) is 0 Å². The zero-order chi connectivity index (χ0) is 24.0. The summed E-state index contributed by atoms with van der Waals surface area (Å²) in [5.41, 5.74) is 2.25. The molecule has 1 unspecified atom stereocenters. The molecule has 1 amide bonds. The van der Waals surface area contributed by atoms with Crippen LogP contribution in [0.25, 0.3) is 0 Å².